The van der Waals surface area contributed by atoms with Gasteiger partial charge in [-0.3, -0.25) is 10.3 Å². The number of nitrogens with one attached hydrogen (secondary N) is 2. The molecular weight excluding hydrogens is 256 g/mol. The van der Waals surface area contributed by atoms with Gasteiger partial charge in [0.2, 0.25) is 0 Å². The number of carbonyl (C=O) groups excluding carboxylic acids is 1. The van der Waals surface area contributed by atoms with Crippen molar-refractivity contribution in [3.8, 4) is 0 Å². The normalized spacial score (nSPS) is 19.7. The van der Waals surface area contributed by atoms with Crippen molar-refractivity contribution in [2.75, 3.05) is 24.5 Å². The number of hydrogen-bond acceptors (Lipinski definition) is 4. The molecule has 0 atom stereocenters. The number of benzene rings is 1. The first-order chi connectivity index (χ1) is 9.62. The second-order valence-electron chi connectivity index (χ2n) is 5.37. The van der Waals surface area contributed by atoms with Crippen molar-refractivity contribution in [2.45, 2.75) is 18.3 Å². The van der Waals surface area contributed by atoms with E-state index in [0.717, 1.165) is 31.6 Å². The van der Waals surface area contributed by atoms with Crippen LogP contribution in [-0.4, -0.2) is 31.7 Å². The Labute approximate surface area is 117 Å². The number of para-hydroxylation sites is 1. The maximum absolute atomic E-state index is 12.1. The molecule has 1 spiro atoms. The summed E-state index contributed by atoms with van der Waals surface area (Å²) >= 11 is 0. The topological polar surface area (TPSA) is 91.4 Å². The molecule has 106 valence electrons. The first-order valence-corrected chi connectivity index (χ1v) is 6.76. The first kappa shape index (κ1) is 12.9. The van der Waals surface area contributed by atoms with E-state index in [-0.39, 0.29) is 5.41 Å². The molecule has 0 saturated carbocycles. The van der Waals surface area contributed by atoms with Gasteiger partial charge in [-0.25, -0.2) is 4.79 Å². The molecule has 3 rings (SSSR count). The molecule has 1 saturated heterocycles. The highest BCUT2D eigenvalue weighted by Gasteiger charge is 2.45. The Kier molecular flexibility index (Phi) is 3.10. The van der Waals surface area contributed by atoms with Gasteiger partial charge in [0.1, 0.15) is 0 Å². The fraction of sp³-hybridized carbons (Fsp3) is 0.429. The van der Waals surface area contributed by atoms with E-state index in [1.807, 2.05) is 18.2 Å². The highest BCUT2D eigenvalue weighted by molar-refractivity contribution is 5.97. The Morgan fingerprint density at radius 1 is 1.35 bits per heavy atom. The van der Waals surface area contributed by atoms with Crippen LogP contribution in [0.1, 0.15) is 18.4 Å². The van der Waals surface area contributed by atoms with E-state index in [9.17, 15) is 4.79 Å². The molecule has 2 aliphatic heterocycles. The van der Waals surface area contributed by atoms with Crippen molar-refractivity contribution in [3.63, 3.8) is 0 Å². The van der Waals surface area contributed by atoms with Gasteiger partial charge in [0, 0.05) is 12.0 Å². The Balaban J connectivity index is 1.96. The molecule has 1 fully saturated rings. The van der Waals surface area contributed by atoms with Gasteiger partial charge < -0.3 is 15.8 Å². The predicted octanol–water partition coefficient (Wildman–Crippen LogP) is 1.16. The second kappa shape index (κ2) is 4.79. The fourth-order valence-electron chi connectivity index (χ4n) is 3.28. The van der Waals surface area contributed by atoms with Crippen molar-refractivity contribution >= 4 is 17.8 Å². The molecule has 1 aromatic rings. The summed E-state index contributed by atoms with van der Waals surface area (Å²) in [5, 5.41) is 10.5. The minimum absolute atomic E-state index is 0.00233. The van der Waals surface area contributed by atoms with Crippen molar-refractivity contribution in [1.29, 1.82) is 5.41 Å². The molecule has 0 bridgehead atoms. The van der Waals surface area contributed by atoms with Crippen molar-refractivity contribution < 1.29 is 9.53 Å². The minimum Gasteiger partial charge on any atom is -0.376 e. The number of nitrogens with two attached hydrogens (primary N) is 1. The monoisotopic (exact) mass is 274 g/mol. The Hall–Kier alpha value is -2.08. The lowest BCUT2D eigenvalue weighted by Gasteiger charge is -2.34. The highest BCUT2D eigenvalue weighted by Crippen LogP contribution is 2.46. The number of amides is 1. The molecule has 1 aromatic carbocycles. The number of hydrogen-bond donors (Lipinski definition) is 3. The fourth-order valence-corrected chi connectivity index (χ4v) is 3.28. The van der Waals surface area contributed by atoms with Gasteiger partial charge in [0.05, 0.1) is 5.69 Å². The van der Waals surface area contributed by atoms with Crippen LogP contribution in [0.5, 0.6) is 0 Å². The minimum atomic E-state index is -0.571. The third-order valence-electron chi connectivity index (χ3n) is 4.21. The zero-order chi connectivity index (χ0) is 14.2. The van der Waals surface area contributed by atoms with Crippen LogP contribution >= 0.6 is 0 Å². The van der Waals surface area contributed by atoms with Crippen LogP contribution in [0, 0.1) is 5.41 Å². The van der Waals surface area contributed by atoms with Crippen LogP contribution in [0.2, 0.25) is 0 Å². The standard InChI is InChI=1S/C14H18N4O2/c15-12(16)20-13(19)18-9-14(5-7-17-8-6-14)10-3-1-2-4-11(10)18/h1-4,17H,5-9H2,(H3,15,16). The summed E-state index contributed by atoms with van der Waals surface area (Å²) in [7, 11) is 0. The summed E-state index contributed by atoms with van der Waals surface area (Å²) < 4.78 is 4.76. The third-order valence-corrected chi connectivity index (χ3v) is 4.21. The average Bonchev–Trinajstić information content (AvgIpc) is 2.75. The largest absolute Gasteiger partial charge is 0.422 e. The molecule has 6 nitrogen and oxygen atoms in total. The van der Waals surface area contributed by atoms with Gasteiger partial charge in [0.15, 0.2) is 0 Å². The highest BCUT2D eigenvalue weighted by atomic mass is 16.6. The number of ether oxygens (including phenoxy) is 1. The van der Waals surface area contributed by atoms with Gasteiger partial charge in [-0.15, -0.1) is 0 Å². The smallest absolute Gasteiger partial charge is 0.376 e. The molecule has 0 unspecified atom stereocenters. The summed E-state index contributed by atoms with van der Waals surface area (Å²) in [6, 6.07) is 7.35. The number of amidine groups is 1. The number of carbonyl (C=O) groups is 1. The molecule has 6 heteroatoms. The zero-order valence-corrected chi connectivity index (χ0v) is 11.2. The first-order valence-electron chi connectivity index (χ1n) is 6.76. The lowest BCUT2D eigenvalue weighted by atomic mass is 9.75. The Morgan fingerprint density at radius 3 is 2.75 bits per heavy atom. The lowest BCUT2D eigenvalue weighted by Crippen LogP contribution is -2.44. The lowest BCUT2D eigenvalue weighted by molar-refractivity contribution is 0.201. The van der Waals surface area contributed by atoms with Gasteiger partial charge in [-0.2, -0.15) is 0 Å². The van der Waals surface area contributed by atoms with E-state index >= 15 is 0 Å². The van der Waals surface area contributed by atoms with Crippen LogP contribution in [-0.2, 0) is 10.2 Å². The zero-order valence-electron chi connectivity index (χ0n) is 11.2. The molecule has 0 aliphatic carbocycles. The molecular formula is C14H18N4O2. The maximum Gasteiger partial charge on any atom is 0.422 e. The SMILES string of the molecule is N=C(N)OC(=O)N1CC2(CCNCC2)c2ccccc21. The number of rotatable bonds is 0. The van der Waals surface area contributed by atoms with Crippen molar-refractivity contribution in [1.82, 2.24) is 5.32 Å². The Bertz CT molecular complexity index is 552. The van der Waals surface area contributed by atoms with E-state index in [0.29, 0.717) is 6.54 Å². The van der Waals surface area contributed by atoms with Crippen LogP contribution in [0.25, 0.3) is 0 Å². The summed E-state index contributed by atoms with van der Waals surface area (Å²) in [5.74, 6) is 0. The number of nitrogens with zero attached hydrogens (tertiary/aromatic N) is 1. The number of fused-ring (bicyclic) bond motifs is 2. The van der Waals surface area contributed by atoms with Crippen LogP contribution < -0.4 is 16.0 Å². The number of anilines is 1. The molecule has 20 heavy (non-hydrogen) atoms. The molecule has 1 amide bonds. The third kappa shape index (κ3) is 2.02. The van der Waals surface area contributed by atoms with Gasteiger partial charge in [0.25, 0.3) is 6.02 Å². The molecule has 4 N–H and O–H groups in total. The van der Waals surface area contributed by atoms with E-state index in [1.165, 1.54) is 5.56 Å². The predicted molar refractivity (Wildman–Crippen MR) is 76.0 cm³/mol. The van der Waals surface area contributed by atoms with E-state index in [4.69, 9.17) is 15.9 Å². The van der Waals surface area contributed by atoms with Gasteiger partial charge in [-0.05, 0) is 37.6 Å². The molecule has 2 aliphatic rings. The van der Waals surface area contributed by atoms with Crippen molar-refractivity contribution in [2.24, 2.45) is 5.73 Å². The molecule has 0 radical (unpaired) electrons. The quantitative estimate of drug-likeness (QED) is 0.489. The average molecular weight is 274 g/mol. The summed E-state index contributed by atoms with van der Waals surface area (Å²) in [4.78, 5) is 13.7. The summed E-state index contributed by atoms with van der Waals surface area (Å²) in [6.07, 6.45) is 1.42. The summed E-state index contributed by atoms with van der Waals surface area (Å²) in [5.41, 5.74) is 7.22. The second-order valence-corrected chi connectivity index (χ2v) is 5.37. The van der Waals surface area contributed by atoms with E-state index in [1.54, 1.807) is 4.90 Å². The van der Waals surface area contributed by atoms with Crippen LogP contribution in [0.15, 0.2) is 24.3 Å². The molecule has 0 aromatic heterocycles. The maximum atomic E-state index is 12.1. The molecule has 2 heterocycles. The van der Waals surface area contributed by atoms with E-state index in [2.05, 4.69) is 11.4 Å². The van der Waals surface area contributed by atoms with Gasteiger partial charge >= 0.3 is 6.09 Å². The van der Waals surface area contributed by atoms with Gasteiger partial charge in [-0.1, -0.05) is 18.2 Å². The van der Waals surface area contributed by atoms with Crippen LogP contribution in [0.3, 0.4) is 0 Å². The summed E-state index contributed by atoms with van der Waals surface area (Å²) in [6.45, 7) is 2.49. The Morgan fingerprint density at radius 2 is 2.05 bits per heavy atom. The van der Waals surface area contributed by atoms with Crippen molar-refractivity contribution in [3.05, 3.63) is 29.8 Å². The number of piperidine rings is 1. The van der Waals surface area contributed by atoms with E-state index < -0.39 is 12.1 Å². The van der Waals surface area contributed by atoms with Crippen LogP contribution in [0.4, 0.5) is 10.5 Å².